The number of nitrogens with zero attached hydrogens (tertiary/aromatic N) is 3. The zero-order chi connectivity index (χ0) is 15.5. The van der Waals surface area contributed by atoms with Crippen molar-refractivity contribution < 1.29 is 4.79 Å². The van der Waals surface area contributed by atoms with Crippen LogP contribution in [0.5, 0.6) is 0 Å². The Morgan fingerprint density at radius 3 is 2.77 bits per heavy atom. The Kier molecular flexibility index (Phi) is 4.27. The molecular weight excluding hydrogens is 274 g/mol. The number of amides is 1. The highest BCUT2D eigenvalue weighted by molar-refractivity contribution is 6.00. The van der Waals surface area contributed by atoms with E-state index in [1.807, 2.05) is 42.3 Å². The molecule has 116 valence electrons. The van der Waals surface area contributed by atoms with Gasteiger partial charge < -0.3 is 4.90 Å². The number of aromatic nitrogens is 2. The summed E-state index contributed by atoms with van der Waals surface area (Å²) in [6.45, 7) is 3.03. The van der Waals surface area contributed by atoms with Crippen LogP contribution in [0.25, 0.3) is 11.3 Å². The first kappa shape index (κ1) is 14.8. The van der Waals surface area contributed by atoms with Gasteiger partial charge in [-0.2, -0.15) is 5.10 Å². The van der Waals surface area contributed by atoms with Crippen molar-refractivity contribution in [3.63, 3.8) is 0 Å². The molecule has 0 saturated carbocycles. The molecule has 2 aromatic rings. The summed E-state index contributed by atoms with van der Waals surface area (Å²) in [4.78, 5) is 15.1. The van der Waals surface area contributed by atoms with Gasteiger partial charge in [0, 0.05) is 25.2 Å². The summed E-state index contributed by atoms with van der Waals surface area (Å²) >= 11 is 0. The minimum Gasteiger partial charge on any atom is -0.336 e. The molecule has 0 radical (unpaired) electrons. The molecule has 1 fully saturated rings. The molecule has 0 N–H and O–H groups in total. The molecule has 1 amide bonds. The minimum absolute atomic E-state index is 0.124. The van der Waals surface area contributed by atoms with Crippen LogP contribution in [-0.4, -0.2) is 33.2 Å². The van der Waals surface area contributed by atoms with Gasteiger partial charge in [-0.15, -0.1) is 0 Å². The van der Waals surface area contributed by atoms with Crippen molar-refractivity contribution in [2.24, 2.45) is 7.05 Å². The first-order valence-corrected chi connectivity index (χ1v) is 8.10. The molecule has 1 aromatic heterocycles. The molecule has 0 spiro atoms. The lowest BCUT2D eigenvalue weighted by atomic mass is 9.98. The Hall–Kier alpha value is -2.10. The molecule has 1 aliphatic rings. The Bertz CT molecular complexity index is 648. The van der Waals surface area contributed by atoms with Crippen molar-refractivity contribution in [1.82, 2.24) is 14.7 Å². The molecule has 22 heavy (non-hydrogen) atoms. The Morgan fingerprint density at radius 1 is 1.27 bits per heavy atom. The molecule has 1 unspecified atom stereocenters. The van der Waals surface area contributed by atoms with E-state index in [-0.39, 0.29) is 5.91 Å². The average Bonchev–Trinajstić information content (AvgIpc) is 2.96. The summed E-state index contributed by atoms with van der Waals surface area (Å²) in [7, 11) is 1.90. The van der Waals surface area contributed by atoms with E-state index >= 15 is 0 Å². The lowest BCUT2D eigenvalue weighted by Crippen LogP contribution is -2.43. The van der Waals surface area contributed by atoms with Crippen molar-refractivity contribution in [3.8, 4) is 11.3 Å². The summed E-state index contributed by atoms with van der Waals surface area (Å²) in [5.74, 6) is 0.124. The number of piperidine rings is 1. The van der Waals surface area contributed by atoms with E-state index in [4.69, 9.17) is 0 Å². The van der Waals surface area contributed by atoms with Crippen LogP contribution >= 0.6 is 0 Å². The third-order valence-electron chi connectivity index (χ3n) is 4.58. The van der Waals surface area contributed by atoms with Crippen LogP contribution in [-0.2, 0) is 7.05 Å². The predicted molar refractivity (Wildman–Crippen MR) is 87.6 cm³/mol. The lowest BCUT2D eigenvalue weighted by Gasteiger charge is -2.35. The summed E-state index contributed by atoms with van der Waals surface area (Å²) in [5, 5.41) is 4.33. The molecular formula is C18H23N3O. The molecule has 4 nitrogen and oxygen atoms in total. The van der Waals surface area contributed by atoms with Gasteiger partial charge >= 0.3 is 0 Å². The SMILES string of the molecule is CCC1CCCCN1C(=O)c1cnn(C)c1-c1ccccc1. The van der Waals surface area contributed by atoms with Crippen LogP contribution in [0.15, 0.2) is 36.5 Å². The topological polar surface area (TPSA) is 38.1 Å². The molecule has 1 saturated heterocycles. The predicted octanol–water partition coefficient (Wildman–Crippen LogP) is 3.49. The van der Waals surface area contributed by atoms with Gasteiger partial charge in [0.2, 0.25) is 0 Å². The largest absolute Gasteiger partial charge is 0.336 e. The van der Waals surface area contributed by atoms with Gasteiger partial charge in [-0.05, 0) is 25.7 Å². The minimum atomic E-state index is 0.124. The van der Waals surface area contributed by atoms with Crippen LogP contribution < -0.4 is 0 Å². The highest BCUT2D eigenvalue weighted by Gasteiger charge is 2.29. The van der Waals surface area contributed by atoms with Crippen LogP contribution in [0.4, 0.5) is 0 Å². The second-order valence-corrected chi connectivity index (χ2v) is 5.95. The number of benzene rings is 1. The lowest BCUT2D eigenvalue weighted by molar-refractivity contribution is 0.0609. The van der Waals surface area contributed by atoms with Crippen molar-refractivity contribution in [1.29, 1.82) is 0 Å². The summed E-state index contributed by atoms with van der Waals surface area (Å²) in [5.41, 5.74) is 2.66. The molecule has 0 bridgehead atoms. The Balaban J connectivity index is 1.97. The zero-order valence-electron chi connectivity index (χ0n) is 13.3. The zero-order valence-corrected chi connectivity index (χ0v) is 13.3. The summed E-state index contributed by atoms with van der Waals surface area (Å²) < 4.78 is 1.80. The van der Waals surface area contributed by atoms with Crippen molar-refractivity contribution >= 4 is 5.91 Å². The molecule has 1 atom stereocenters. The van der Waals surface area contributed by atoms with Gasteiger partial charge in [-0.1, -0.05) is 37.3 Å². The first-order chi connectivity index (χ1) is 10.7. The van der Waals surface area contributed by atoms with E-state index in [0.717, 1.165) is 37.1 Å². The average molecular weight is 297 g/mol. The molecule has 0 aliphatic carbocycles. The van der Waals surface area contributed by atoms with E-state index in [2.05, 4.69) is 12.0 Å². The van der Waals surface area contributed by atoms with Gasteiger partial charge in [-0.25, -0.2) is 0 Å². The highest BCUT2D eigenvalue weighted by Crippen LogP contribution is 2.27. The molecule has 2 heterocycles. The second-order valence-electron chi connectivity index (χ2n) is 5.95. The van der Waals surface area contributed by atoms with Gasteiger partial charge in [0.1, 0.15) is 0 Å². The van der Waals surface area contributed by atoms with E-state index in [9.17, 15) is 4.79 Å². The van der Waals surface area contributed by atoms with E-state index in [0.29, 0.717) is 11.6 Å². The van der Waals surface area contributed by atoms with E-state index < -0.39 is 0 Å². The van der Waals surface area contributed by atoms with Crippen molar-refractivity contribution in [3.05, 3.63) is 42.1 Å². The number of hydrogen-bond donors (Lipinski definition) is 0. The number of carbonyl (C=O) groups excluding carboxylic acids is 1. The fourth-order valence-electron chi connectivity index (χ4n) is 3.38. The van der Waals surface area contributed by atoms with Crippen LogP contribution in [0, 0.1) is 0 Å². The monoisotopic (exact) mass is 297 g/mol. The molecule has 3 rings (SSSR count). The number of carbonyl (C=O) groups is 1. The highest BCUT2D eigenvalue weighted by atomic mass is 16.2. The van der Waals surface area contributed by atoms with Gasteiger partial charge in [-0.3, -0.25) is 9.48 Å². The summed E-state index contributed by atoms with van der Waals surface area (Å²) in [6.07, 6.45) is 6.17. The fraction of sp³-hybridized carbons (Fsp3) is 0.444. The Labute approximate surface area is 131 Å². The second kappa shape index (κ2) is 6.34. The first-order valence-electron chi connectivity index (χ1n) is 8.10. The van der Waals surface area contributed by atoms with Crippen LogP contribution in [0.1, 0.15) is 43.0 Å². The molecule has 1 aromatic carbocycles. The van der Waals surface area contributed by atoms with Crippen molar-refractivity contribution in [2.75, 3.05) is 6.54 Å². The fourth-order valence-corrected chi connectivity index (χ4v) is 3.38. The maximum absolute atomic E-state index is 13.0. The quantitative estimate of drug-likeness (QED) is 0.869. The number of aryl methyl sites for hydroxylation is 1. The number of hydrogen-bond acceptors (Lipinski definition) is 2. The van der Waals surface area contributed by atoms with Crippen LogP contribution in [0.3, 0.4) is 0 Å². The maximum atomic E-state index is 13.0. The van der Waals surface area contributed by atoms with Gasteiger partial charge in [0.15, 0.2) is 0 Å². The van der Waals surface area contributed by atoms with Crippen LogP contribution in [0.2, 0.25) is 0 Å². The molecule has 1 aliphatic heterocycles. The van der Waals surface area contributed by atoms with Gasteiger partial charge in [0.25, 0.3) is 5.91 Å². The summed E-state index contributed by atoms with van der Waals surface area (Å²) in [6, 6.07) is 10.4. The number of likely N-dealkylation sites (tertiary alicyclic amines) is 1. The third kappa shape index (κ3) is 2.65. The van der Waals surface area contributed by atoms with Crippen molar-refractivity contribution in [2.45, 2.75) is 38.6 Å². The normalized spacial score (nSPS) is 18.5. The Morgan fingerprint density at radius 2 is 2.05 bits per heavy atom. The van der Waals surface area contributed by atoms with E-state index in [1.54, 1.807) is 10.9 Å². The third-order valence-corrected chi connectivity index (χ3v) is 4.58. The van der Waals surface area contributed by atoms with E-state index in [1.165, 1.54) is 6.42 Å². The maximum Gasteiger partial charge on any atom is 0.257 e. The number of rotatable bonds is 3. The smallest absolute Gasteiger partial charge is 0.257 e. The molecule has 4 heteroatoms. The standard InChI is InChI=1S/C18H23N3O/c1-3-15-11-7-8-12-21(15)18(22)16-13-19-20(2)17(16)14-9-5-4-6-10-14/h4-6,9-10,13,15H,3,7-8,11-12H2,1-2H3. The van der Waals surface area contributed by atoms with Gasteiger partial charge in [0.05, 0.1) is 17.5 Å².